The zero-order valence-electron chi connectivity index (χ0n) is 12.0. The molecule has 1 aromatic carbocycles. The average molecular weight is 326 g/mol. The monoisotopic (exact) mass is 326 g/mol. The van der Waals surface area contributed by atoms with Gasteiger partial charge in [0.15, 0.2) is 5.69 Å². The van der Waals surface area contributed by atoms with Crippen molar-refractivity contribution in [3.05, 3.63) is 47.5 Å². The molecule has 4 nitrogen and oxygen atoms in total. The van der Waals surface area contributed by atoms with Crippen molar-refractivity contribution in [2.45, 2.75) is 31.6 Å². The lowest BCUT2D eigenvalue weighted by Crippen LogP contribution is -2.21. The Morgan fingerprint density at radius 1 is 1.22 bits per heavy atom. The third kappa shape index (κ3) is 4.16. The number of rotatable bonds is 5. The van der Waals surface area contributed by atoms with Gasteiger partial charge in [0, 0.05) is 30.0 Å². The summed E-state index contributed by atoms with van der Waals surface area (Å²) in [6.07, 6.45) is -1.49. The summed E-state index contributed by atoms with van der Waals surface area (Å²) in [5.41, 5.74) is -0.712. The predicted molar refractivity (Wildman–Crippen MR) is 76.6 cm³/mol. The first-order valence-electron chi connectivity index (χ1n) is 7.11. The summed E-state index contributed by atoms with van der Waals surface area (Å²) in [6, 6.07) is 5.62. The number of benzene rings is 1. The Kier molecular flexibility index (Phi) is 4.16. The summed E-state index contributed by atoms with van der Waals surface area (Å²) in [5, 5.41) is 5.59. The molecular formula is C15H14F4N4. The van der Waals surface area contributed by atoms with E-state index < -0.39 is 17.7 Å². The van der Waals surface area contributed by atoms with Gasteiger partial charge in [-0.05, 0) is 31.0 Å². The fourth-order valence-corrected chi connectivity index (χ4v) is 2.08. The van der Waals surface area contributed by atoms with E-state index in [4.69, 9.17) is 0 Å². The number of nitrogens with one attached hydrogen (secondary N) is 2. The highest BCUT2D eigenvalue weighted by molar-refractivity contribution is 5.53. The smallest absolute Gasteiger partial charge is 0.324 e. The molecule has 0 unspecified atom stereocenters. The standard InChI is InChI=1S/C15H14F4N4/c16-10-2-1-3-12(6-10)22-14-21-8-9(7-20-11-4-5-11)13(23-14)15(17,18)19/h1-3,6,8,11,20H,4-5,7H2,(H,21,22,23). The lowest BCUT2D eigenvalue weighted by atomic mass is 10.2. The van der Waals surface area contributed by atoms with E-state index in [1.165, 1.54) is 18.2 Å². The Hall–Kier alpha value is -2.22. The Morgan fingerprint density at radius 2 is 2.00 bits per heavy atom. The van der Waals surface area contributed by atoms with Crippen molar-refractivity contribution in [3.63, 3.8) is 0 Å². The van der Waals surface area contributed by atoms with Gasteiger partial charge in [-0.2, -0.15) is 13.2 Å². The highest BCUT2D eigenvalue weighted by atomic mass is 19.4. The summed E-state index contributed by atoms with van der Waals surface area (Å²) in [5.74, 6) is -0.727. The maximum absolute atomic E-state index is 13.2. The van der Waals surface area contributed by atoms with Crippen molar-refractivity contribution < 1.29 is 17.6 Å². The Balaban J connectivity index is 1.83. The van der Waals surface area contributed by atoms with Crippen molar-refractivity contribution in [2.75, 3.05) is 5.32 Å². The molecule has 0 spiro atoms. The van der Waals surface area contributed by atoms with Gasteiger partial charge in [-0.25, -0.2) is 14.4 Å². The van der Waals surface area contributed by atoms with Gasteiger partial charge < -0.3 is 10.6 Å². The summed E-state index contributed by atoms with van der Waals surface area (Å²) < 4.78 is 52.6. The van der Waals surface area contributed by atoms with E-state index in [1.807, 2.05) is 0 Å². The maximum Gasteiger partial charge on any atom is 0.433 e. The van der Waals surface area contributed by atoms with Crippen LogP contribution in [0.4, 0.5) is 29.2 Å². The topological polar surface area (TPSA) is 49.8 Å². The summed E-state index contributed by atoms with van der Waals surface area (Å²) in [4.78, 5) is 7.45. The van der Waals surface area contributed by atoms with E-state index in [1.54, 1.807) is 0 Å². The molecule has 0 saturated heterocycles. The maximum atomic E-state index is 13.2. The van der Waals surface area contributed by atoms with E-state index in [0.29, 0.717) is 0 Å². The number of halogens is 4. The molecule has 0 atom stereocenters. The largest absolute Gasteiger partial charge is 0.433 e. The molecule has 8 heteroatoms. The van der Waals surface area contributed by atoms with Crippen LogP contribution in [0.5, 0.6) is 0 Å². The van der Waals surface area contributed by atoms with E-state index >= 15 is 0 Å². The highest BCUT2D eigenvalue weighted by Crippen LogP contribution is 2.31. The average Bonchev–Trinajstić information content (AvgIpc) is 3.29. The van der Waals surface area contributed by atoms with E-state index in [2.05, 4.69) is 20.6 Å². The fourth-order valence-electron chi connectivity index (χ4n) is 2.08. The number of hydrogen-bond donors (Lipinski definition) is 2. The van der Waals surface area contributed by atoms with Crippen LogP contribution in [0.3, 0.4) is 0 Å². The molecule has 1 aliphatic rings. The molecule has 2 N–H and O–H groups in total. The molecule has 1 saturated carbocycles. The summed E-state index contributed by atoms with van der Waals surface area (Å²) in [7, 11) is 0. The minimum absolute atomic E-state index is 0.00538. The van der Waals surface area contributed by atoms with Crippen molar-refractivity contribution in [3.8, 4) is 0 Å². The van der Waals surface area contributed by atoms with Crippen LogP contribution in [0, 0.1) is 5.82 Å². The normalized spacial score (nSPS) is 14.8. The van der Waals surface area contributed by atoms with Gasteiger partial charge in [0.2, 0.25) is 5.95 Å². The van der Waals surface area contributed by atoms with Gasteiger partial charge in [-0.3, -0.25) is 0 Å². The van der Waals surface area contributed by atoms with Crippen LogP contribution in [-0.2, 0) is 12.7 Å². The minimum atomic E-state index is -4.58. The lowest BCUT2D eigenvalue weighted by molar-refractivity contribution is -0.141. The summed E-state index contributed by atoms with van der Waals surface area (Å²) in [6.45, 7) is 0.0692. The predicted octanol–water partition coefficient (Wildman–Crippen LogP) is 3.63. The van der Waals surface area contributed by atoms with Gasteiger partial charge >= 0.3 is 6.18 Å². The quantitative estimate of drug-likeness (QED) is 0.824. The molecule has 122 valence electrons. The van der Waals surface area contributed by atoms with Gasteiger partial charge in [-0.15, -0.1) is 0 Å². The molecule has 0 amide bonds. The zero-order chi connectivity index (χ0) is 16.4. The van der Waals surface area contributed by atoms with Gasteiger partial charge in [0.1, 0.15) is 5.82 Å². The SMILES string of the molecule is Fc1cccc(Nc2ncc(CNC3CC3)c(C(F)(F)F)n2)c1. The van der Waals surface area contributed by atoms with Crippen molar-refractivity contribution in [1.29, 1.82) is 0 Å². The molecule has 2 aromatic rings. The molecule has 1 heterocycles. The third-order valence-electron chi connectivity index (χ3n) is 3.37. The minimum Gasteiger partial charge on any atom is -0.324 e. The number of aromatic nitrogens is 2. The number of hydrogen-bond acceptors (Lipinski definition) is 4. The van der Waals surface area contributed by atoms with Crippen LogP contribution >= 0.6 is 0 Å². The van der Waals surface area contributed by atoms with E-state index in [9.17, 15) is 17.6 Å². The van der Waals surface area contributed by atoms with Crippen LogP contribution in [0.1, 0.15) is 24.1 Å². The second-order valence-corrected chi connectivity index (χ2v) is 5.36. The highest BCUT2D eigenvalue weighted by Gasteiger charge is 2.36. The molecule has 1 fully saturated rings. The zero-order valence-corrected chi connectivity index (χ0v) is 12.0. The fraction of sp³-hybridized carbons (Fsp3) is 0.333. The molecule has 3 rings (SSSR count). The molecule has 0 aliphatic heterocycles. The van der Waals surface area contributed by atoms with Crippen LogP contribution in [0.15, 0.2) is 30.5 Å². The molecule has 1 aromatic heterocycles. The molecule has 0 radical (unpaired) electrons. The Labute approximate surface area is 130 Å². The first kappa shape index (κ1) is 15.7. The van der Waals surface area contributed by atoms with Gasteiger partial charge in [0.25, 0.3) is 0 Å². The molecular weight excluding hydrogens is 312 g/mol. The van der Waals surface area contributed by atoms with Crippen LogP contribution in [0.25, 0.3) is 0 Å². The third-order valence-corrected chi connectivity index (χ3v) is 3.37. The van der Waals surface area contributed by atoms with Crippen LogP contribution in [0.2, 0.25) is 0 Å². The number of nitrogens with zero attached hydrogens (tertiary/aromatic N) is 2. The van der Waals surface area contributed by atoms with E-state index in [0.717, 1.165) is 25.1 Å². The van der Waals surface area contributed by atoms with Gasteiger partial charge in [0.05, 0.1) is 0 Å². The second-order valence-electron chi connectivity index (χ2n) is 5.36. The van der Waals surface area contributed by atoms with Crippen molar-refractivity contribution >= 4 is 11.6 Å². The summed E-state index contributed by atoms with van der Waals surface area (Å²) >= 11 is 0. The van der Waals surface area contributed by atoms with Crippen LogP contribution < -0.4 is 10.6 Å². The first-order chi connectivity index (χ1) is 10.9. The Bertz CT molecular complexity index is 698. The molecule has 0 bridgehead atoms. The number of anilines is 2. The molecule has 23 heavy (non-hydrogen) atoms. The van der Waals surface area contributed by atoms with Crippen molar-refractivity contribution in [2.24, 2.45) is 0 Å². The lowest BCUT2D eigenvalue weighted by Gasteiger charge is -2.14. The van der Waals surface area contributed by atoms with Gasteiger partial charge in [-0.1, -0.05) is 6.07 Å². The Morgan fingerprint density at radius 3 is 2.65 bits per heavy atom. The second kappa shape index (κ2) is 6.11. The molecule has 1 aliphatic carbocycles. The number of alkyl halides is 3. The van der Waals surface area contributed by atoms with Crippen molar-refractivity contribution in [1.82, 2.24) is 15.3 Å². The first-order valence-corrected chi connectivity index (χ1v) is 7.11. The van der Waals surface area contributed by atoms with Crippen LogP contribution in [-0.4, -0.2) is 16.0 Å². The van der Waals surface area contributed by atoms with E-state index in [-0.39, 0.29) is 29.8 Å².